The van der Waals surface area contributed by atoms with Gasteiger partial charge >= 0.3 is 0 Å². The minimum Gasteiger partial charge on any atom is -0.327 e. The standard InChI is InChI=1S/C14H20ClNS/c15-12-7-4-8-13(9-12)17-10-14(16)11-5-2-1-3-6-11/h4,7-9,11,14H,1-3,5-6,10,16H2. The maximum atomic E-state index is 6.28. The lowest BCUT2D eigenvalue weighted by molar-refractivity contribution is 0.319. The number of rotatable bonds is 4. The van der Waals surface area contributed by atoms with Crippen LogP contribution in [0.4, 0.5) is 0 Å². The molecule has 17 heavy (non-hydrogen) atoms. The first-order valence-electron chi connectivity index (χ1n) is 6.39. The molecule has 0 heterocycles. The molecule has 0 radical (unpaired) electrons. The summed E-state index contributed by atoms with van der Waals surface area (Å²) < 4.78 is 0. The maximum Gasteiger partial charge on any atom is 0.0417 e. The van der Waals surface area contributed by atoms with Crippen molar-refractivity contribution in [3.8, 4) is 0 Å². The third-order valence-corrected chi connectivity index (χ3v) is 4.87. The van der Waals surface area contributed by atoms with E-state index in [0.29, 0.717) is 6.04 Å². The Morgan fingerprint density at radius 3 is 2.76 bits per heavy atom. The summed E-state index contributed by atoms with van der Waals surface area (Å²) in [4.78, 5) is 1.23. The van der Waals surface area contributed by atoms with E-state index in [9.17, 15) is 0 Å². The molecule has 94 valence electrons. The van der Waals surface area contributed by atoms with Gasteiger partial charge in [0.15, 0.2) is 0 Å². The molecule has 1 aromatic rings. The molecule has 0 aromatic heterocycles. The van der Waals surface area contributed by atoms with Gasteiger partial charge in [-0.15, -0.1) is 11.8 Å². The van der Waals surface area contributed by atoms with Crippen molar-refractivity contribution < 1.29 is 0 Å². The Hall–Kier alpha value is -0.180. The van der Waals surface area contributed by atoms with E-state index in [2.05, 4.69) is 6.07 Å². The molecule has 1 nitrogen and oxygen atoms in total. The summed E-state index contributed by atoms with van der Waals surface area (Å²) in [6.07, 6.45) is 6.75. The van der Waals surface area contributed by atoms with Gasteiger partial charge in [-0.3, -0.25) is 0 Å². The van der Waals surface area contributed by atoms with Crippen molar-refractivity contribution in [3.63, 3.8) is 0 Å². The van der Waals surface area contributed by atoms with Crippen molar-refractivity contribution in [2.24, 2.45) is 11.7 Å². The van der Waals surface area contributed by atoms with Crippen LogP contribution >= 0.6 is 23.4 Å². The Morgan fingerprint density at radius 1 is 1.29 bits per heavy atom. The Balaban J connectivity index is 1.80. The van der Waals surface area contributed by atoms with Crippen molar-refractivity contribution in [2.45, 2.75) is 43.0 Å². The van der Waals surface area contributed by atoms with Crippen LogP contribution in [0.1, 0.15) is 32.1 Å². The van der Waals surface area contributed by atoms with Crippen molar-refractivity contribution in [3.05, 3.63) is 29.3 Å². The van der Waals surface area contributed by atoms with E-state index >= 15 is 0 Å². The normalized spacial score (nSPS) is 19.2. The molecular formula is C14H20ClNS. The van der Waals surface area contributed by atoms with E-state index in [1.54, 1.807) is 0 Å². The second-order valence-electron chi connectivity index (χ2n) is 4.83. The highest BCUT2D eigenvalue weighted by Gasteiger charge is 2.20. The molecule has 1 unspecified atom stereocenters. The van der Waals surface area contributed by atoms with Crippen LogP contribution in [0.15, 0.2) is 29.2 Å². The molecule has 0 aliphatic heterocycles. The third kappa shape index (κ3) is 4.20. The fourth-order valence-corrected chi connectivity index (χ4v) is 3.74. The number of thioether (sulfide) groups is 1. The van der Waals surface area contributed by atoms with Crippen LogP contribution in [0.3, 0.4) is 0 Å². The molecule has 1 saturated carbocycles. The molecule has 1 aliphatic carbocycles. The average molecular weight is 270 g/mol. The second-order valence-corrected chi connectivity index (χ2v) is 6.36. The van der Waals surface area contributed by atoms with Crippen molar-refractivity contribution in [1.82, 2.24) is 0 Å². The monoisotopic (exact) mass is 269 g/mol. The lowest BCUT2D eigenvalue weighted by Gasteiger charge is -2.27. The molecule has 1 fully saturated rings. The Bertz CT molecular complexity index is 350. The first-order chi connectivity index (χ1) is 8.25. The number of halogens is 1. The zero-order chi connectivity index (χ0) is 12.1. The predicted octanol–water partition coefficient (Wildman–Crippen LogP) is 4.34. The zero-order valence-electron chi connectivity index (χ0n) is 10.1. The Kier molecular flexibility index (Phi) is 5.20. The van der Waals surface area contributed by atoms with Crippen molar-refractivity contribution in [2.75, 3.05) is 5.75 Å². The third-order valence-electron chi connectivity index (χ3n) is 3.49. The average Bonchev–Trinajstić information content (AvgIpc) is 2.37. The summed E-state index contributed by atoms with van der Waals surface area (Å²) in [6.45, 7) is 0. The quantitative estimate of drug-likeness (QED) is 0.823. The molecule has 0 amide bonds. The molecule has 2 N–H and O–H groups in total. The summed E-state index contributed by atoms with van der Waals surface area (Å²) in [7, 11) is 0. The van der Waals surface area contributed by atoms with Crippen LogP contribution < -0.4 is 5.73 Å². The summed E-state index contributed by atoms with van der Waals surface area (Å²) in [5.41, 5.74) is 6.28. The van der Waals surface area contributed by atoms with Gasteiger partial charge in [0, 0.05) is 21.7 Å². The van der Waals surface area contributed by atoms with Crippen molar-refractivity contribution in [1.29, 1.82) is 0 Å². The fraction of sp³-hybridized carbons (Fsp3) is 0.571. The lowest BCUT2D eigenvalue weighted by atomic mass is 9.85. The maximum absolute atomic E-state index is 6.28. The summed E-state index contributed by atoms with van der Waals surface area (Å²) >= 11 is 7.79. The smallest absolute Gasteiger partial charge is 0.0417 e. The van der Waals surface area contributed by atoms with Gasteiger partial charge in [0.25, 0.3) is 0 Å². The van der Waals surface area contributed by atoms with E-state index in [0.717, 1.165) is 16.7 Å². The van der Waals surface area contributed by atoms with Gasteiger partial charge in [-0.2, -0.15) is 0 Å². The molecule has 0 bridgehead atoms. The minimum absolute atomic E-state index is 0.333. The zero-order valence-corrected chi connectivity index (χ0v) is 11.6. The predicted molar refractivity (Wildman–Crippen MR) is 76.7 cm³/mol. The molecular weight excluding hydrogens is 250 g/mol. The highest BCUT2D eigenvalue weighted by molar-refractivity contribution is 7.99. The van der Waals surface area contributed by atoms with Gasteiger partial charge in [0.05, 0.1) is 0 Å². The highest BCUT2D eigenvalue weighted by Crippen LogP contribution is 2.29. The lowest BCUT2D eigenvalue weighted by Crippen LogP contribution is -2.33. The van der Waals surface area contributed by atoms with Gasteiger partial charge in [-0.1, -0.05) is 36.9 Å². The summed E-state index contributed by atoms with van der Waals surface area (Å²) in [6, 6.07) is 8.35. The van der Waals surface area contributed by atoms with Crippen LogP contribution in [0.5, 0.6) is 0 Å². The highest BCUT2D eigenvalue weighted by atomic mass is 35.5. The Labute approximate surface area is 113 Å². The summed E-state index contributed by atoms with van der Waals surface area (Å²) in [5, 5.41) is 0.807. The summed E-state index contributed by atoms with van der Waals surface area (Å²) in [5.74, 6) is 1.74. The van der Waals surface area contributed by atoms with Crippen LogP contribution in [-0.4, -0.2) is 11.8 Å². The van der Waals surface area contributed by atoms with E-state index in [-0.39, 0.29) is 0 Å². The van der Waals surface area contributed by atoms with E-state index in [1.165, 1.54) is 37.0 Å². The molecule has 0 spiro atoms. The topological polar surface area (TPSA) is 26.0 Å². The first kappa shape index (κ1) is 13.3. The molecule has 3 heteroatoms. The van der Waals surface area contributed by atoms with Gasteiger partial charge < -0.3 is 5.73 Å². The minimum atomic E-state index is 0.333. The van der Waals surface area contributed by atoms with Gasteiger partial charge in [-0.25, -0.2) is 0 Å². The largest absolute Gasteiger partial charge is 0.327 e. The first-order valence-corrected chi connectivity index (χ1v) is 7.76. The molecule has 1 atom stereocenters. The van der Waals surface area contributed by atoms with Crippen molar-refractivity contribution >= 4 is 23.4 Å². The fourth-order valence-electron chi connectivity index (χ4n) is 2.45. The van der Waals surface area contributed by atoms with E-state index < -0.39 is 0 Å². The Morgan fingerprint density at radius 2 is 2.06 bits per heavy atom. The number of hydrogen-bond acceptors (Lipinski definition) is 2. The van der Waals surface area contributed by atoms with Crippen LogP contribution in [-0.2, 0) is 0 Å². The van der Waals surface area contributed by atoms with Gasteiger partial charge in [0.2, 0.25) is 0 Å². The van der Waals surface area contributed by atoms with Gasteiger partial charge in [0.1, 0.15) is 0 Å². The van der Waals surface area contributed by atoms with Gasteiger partial charge in [-0.05, 0) is 37.0 Å². The van der Waals surface area contributed by atoms with E-state index in [4.69, 9.17) is 17.3 Å². The number of benzene rings is 1. The SMILES string of the molecule is NC(CSc1cccc(Cl)c1)C1CCCCC1. The second kappa shape index (κ2) is 6.67. The van der Waals surface area contributed by atoms with E-state index in [1.807, 2.05) is 30.0 Å². The van der Waals surface area contributed by atoms with Crippen LogP contribution in [0.2, 0.25) is 5.02 Å². The van der Waals surface area contributed by atoms with Crippen LogP contribution in [0.25, 0.3) is 0 Å². The number of nitrogens with two attached hydrogens (primary N) is 1. The number of hydrogen-bond donors (Lipinski definition) is 1. The molecule has 1 aromatic carbocycles. The van der Waals surface area contributed by atoms with Crippen LogP contribution in [0, 0.1) is 5.92 Å². The molecule has 0 saturated heterocycles. The molecule has 1 aliphatic rings. The molecule has 2 rings (SSSR count).